The maximum Gasteiger partial charge on any atom is 0.387 e. The van der Waals surface area contributed by atoms with E-state index in [-0.39, 0.29) is 17.4 Å². The first-order chi connectivity index (χ1) is 12.0. The Labute approximate surface area is 147 Å². The Hall–Kier alpha value is -2.74. The fourth-order valence-electron chi connectivity index (χ4n) is 2.06. The van der Waals surface area contributed by atoms with Gasteiger partial charge >= 0.3 is 6.61 Å². The van der Waals surface area contributed by atoms with E-state index in [4.69, 9.17) is 16.3 Å². The topological polar surface area (TPSA) is 62.1 Å². The van der Waals surface area contributed by atoms with Crippen LogP contribution >= 0.6 is 11.6 Å². The summed E-state index contributed by atoms with van der Waals surface area (Å²) in [7, 11) is 0. The molecule has 9 heteroatoms. The third-order valence-corrected chi connectivity index (χ3v) is 3.48. The lowest BCUT2D eigenvalue weighted by Gasteiger charge is -2.08. The van der Waals surface area contributed by atoms with Crippen LogP contribution in [0.25, 0.3) is 5.69 Å². The van der Waals surface area contributed by atoms with Crippen molar-refractivity contribution in [3.05, 3.63) is 59.0 Å². The number of nitrogens with zero attached hydrogens (tertiary/aromatic N) is 4. The molecule has 0 radical (unpaired) electrons. The number of rotatable bonds is 6. The number of hydrogen-bond donors (Lipinski definition) is 0. The molecule has 2 aromatic heterocycles. The number of halogens is 3. The zero-order chi connectivity index (χ0) is 17.8. The van der Waals surface area contributed by atoms with Crippen LogP contribution in [0.1, 0.15) is 11.4 Å². The minimum atomic E-state index is -2.96. The Kier molecular flexibility index (Phi) is 5.08. The molecular weight excluding hydrogens is 354 g/mol. The number of alkyl halides is 2. The highest BCUT2D eigenvalue weighted by molar-refractivity contribution is 6.32. The first kappa shape index (κ1) is 17.1. The summed E-state index contributed by atoms with van der Waals surface area (Å²) in [5.41, 5.74) is 1.87. The number of aromatic nitrogens is 4. The molecule has 3 rings (SSSR count). The molecule has 0 aliphatic rings. The molecule has 0 aliphatic carbocycles. The second kappa shape index (κ2) is 7.43. The van der Waals surface area contributed by atoms with Crippen molar-refractivity contribution in [3.63, 3.8) is 0 Å². The molecule has 0 saturated heterocycles. The van der Waals surface area contributed by atoms with Crippen LogP contribution in [0.2, 0.25) is 5.02 Å². The monoisotopic (exact) mass is 366 g/mol. The summed E-state index contributed by atoms with van der Waals surface area (Å²) in [6.45, 7) is -0.929. The Morgan fingerprint density at radius 3 is 2.84 bits per heavy atom. The molecule has 2 heterocycles. The fraction of sp³-hybridized carbons (Fsp3) is 0.188. The standard InChI is InChI=1S/C16H13ClF2N4O2/c1-10-3-2-4-15(20-10)24-9-11-8-23(22-21-11)12-5-6-13(17)14(7-12)25-16(18)19/h2-8,16H,9H2,1H3. The second-order valence-corrected chi connectivity index (χ2v) is 5.46. The van der Waals surface area contributed by atoms with Gasteiger partial charge in [0, 0.05) is 17.8 Å². The first-order valence-corrected chi connectivity index (χ1v) is 7.61. The van der Waals surface area contributed by atoms with E-state index >= 15 is 0 Å². The van der Waals surface area contributed by atoms with E-state index in [1.807, 2.05) is 19.1 Å². The molecule has 0 saturated carbocycles. The van der Waals surface area contributed by atoms with Crippen LogP contribution in [-0.4, -0.2) is 26.6 Å². The number of pyridine rings is 1. The van der Waals surface area contributed by atoms with Crippen molar-refractivity contribution in [2.24, 2.45) is 0 Å². The van der Waals surface area contributed by atoms with E-state index in [1.54, 1.807) is 18.3 Å². The first-order valence-electron chi connectivity index (χ1n) is 7.23. The van der Waals surface area contributed by atoms with E-state index in [2.05, 4.69) is 20.0 Å². The van der Waals surface area contributed by atoms with Crippen LogP contribution in [0, 0.1) is 6.92 Å². The molecule has 130 valence electrons. The average molecular weight is 367 g/mol. The van der Waals surface area contributed by atoms with Crippen LogP contribution < -0.4 is 9.47 Å². The maximum absolute atomic E-state index is 12.4. The highest BCUT2D eigenvalue weighted by atomic mass is 35.5. The Balaban J connectivity index is 1.73. The number of hydrogen-bond acceptors (Lipinski definition) is 5. The van der Waals surface area contributed by atoms with Crippen molar-refractivity contribution >= 4 is 11.6 Å². The van der Waals surface area contributed by atoms with Gasteiger partial charge < -0.3 is 9.47 Å². The Morgan fingerprint density at radius 2 is 2.08 bits per heavy atom. The molecule has 25 heavy (non-hydrogen) atoms. The van der Waals surface area contributed by atoms with Gasteiger partial charge in [0.25, 0.3) is 0 Å². The van der Waals surface area contributed by atoms with Gasteiger partial charge in [-0.05, 0) is 25.1 Å². The predicted molar refractivity (Wildman–Crippen MR) is 86.3 cm³/mol. The van der Waals surface area contributed by atoms with Gasteiger partial charge in [0.2, 0.25) is 5.88 Å². The quantitative estimate of drug-likeness (QED) is 0.664. The van der Waals surface area contributed by atoms with Crippen LogP contribution in [0.4, 0.5) is 8.78 Å². The second-order valence-electron chi connectivity index (χ2n) is 5.05. The lowest BCUT2D eigenvalue weighted by molar-refractivity contribution is -0.0497. The summed E-state index contributed by atoms with van der Waals surface area (Å²) < 4.78 is 36.1. The summed E-state index contributed by atoms with van der Waals surface area (Å²) in [4.78, 5) is 4.22. The molecule has 0 amide bonds. The van der Waals surface area contributed by atoms with Crippen LogP contribution in [-0.2, 0) is 6.61 Å². The zero-order valence-electron chi connectivity index (χ0n) is 13.1. The molecular formula is C16H13ClF2N4O2. The van der Waals surface area contributed by atoms with Crippen LogP contribution in [0.15, 0.2) is 42.6 Å². The SMILES string of the molecule is Cc1cccc(OCc2cn(-c3ccc(Cl)c(OC(F)F)c3)nn2)n1. The lowest BCUT2D eigenvalue weighted by Crippen LogP contribution is -2.03. The third kappa shape index (κ3) is 4.42. The van der Waals surface area contributed by atoms with Gasteiger partial charge in [-0.3, -0.25) is 0 Å². The molecule has 0 atom stereocenters. The van der Waals surface area contributed by atoms with Crippen molar-refractivity contribution in [3.8, 4) is 17.3 Å². The highest BCUT2D eigenvalue weighted by Crippen LogP contribution is 2.28. The molecule has 3 aromatic rings. The van der Waals surface area contributed by atoms with Gasteiger partial charge in [-0.2, -0.15) is 8.78 Å². The van der Waals surface area contributed by atoms with Crippen molar-refractivity contribution in [2.45, 2.75) is 20.1 Å². The maximum atomic E-state index is 12.4. The number of aryl methyl sites for hydroxylation is 1. The third-order valence-electron chi connectivity index (χ3n) is 3.17. The van der Waals surface area contributed by atoms with Gasteiger partial charge in [0.05, 0.1) is 16.9 Å². The number of ether oxygens (including phenoxy) is 2. The van der Waals surface area contributed by atoms with Crippen LogP contribution in [0.5, 0.6) is 11.6 Å². The largest absolute Gasteiger partial charge is 0.471 e. The molecule has 0 spiro atoms. The van der Waals surface area contributed by atoms with Gasteiger partial charge in [-0.1, -0.05) is 22.9 Å². The zero-order valence-corrected chi connectivity index (χ0v) is 13.8. The lowest BCUT2D eigenvalue weighted by atomic mass is 10.3. The summed E-state index contributed by atoms with van der Waals surface area (Å²) in [5.74, 6) is 0.347. The van der Waals surface area contributed by atoms with Gasteiger partial charge in [-0.15, -0.1) is 5.10 Å². The molecule has 0 unspecified atom stereocenters. The van der Waals surface area contributed by atoms with E-state index in [0.29, 0.717) is 17.3 Å². The average Bonchev–Trinajstić information content (AvgIpc) is 3.04. The van der Waals surface area contributed by atoms with Gasteiger partial charge in [0.1, 0.15) is 18.1 Å². The predicted octanol–water partition coefficient (Wildman–Crippen LogP) is 3.80. The Morgan fingerprint density at radius 1 is 1.24 bits per heavy atom. The van der Waals surface area contributed by atoms with Crippen LogP contribution in [0.3, 0.4) is 0 Å². The minimum absolute atomic E-state index is 0.0817. The molecule has 0 aliphatic heterocycles. The molecule has 0 N–H and O–H groups in total. The van der Waals surface area contributed by atoms with E-state index in [9.17, 15) is 8.78 Å². The van der Waals surface area contributed by atoms with E-state index in [1.165, 1.54) is 16.8 Å². The summed E-state index contributed by atoms with van der Waals surface area (Å²) in [6, 6.07) is 9.86. The van der Waals surface area contributed by atoms with Gasteiger partial charge in [0.15, 0.2) is 0 Å². The van der Waals surface area contributed by atoms with Crippen molar-refractivity contribution in [2.75, 3.05) is 0 Å². The van der Waals surface area contributed by atoms with E-state index < -0.39 is 6.61 Å². The molecule has 1 aromatic carbocycles. The highest BCUT2D eigenvalue weighted by Gasteiger charge is 2.11. The van der Waals surface area contributed by atoms with Gasteiger partial charge in [-0.25, -0.2) is 9.67 Å². The molecule has 0 bridgehead atoms. The van der Waals surface area contributed by atoms with E-state index in [0.717, 1.165) is 5.69 Å². The van der Waals surface area contributed by atoms with Crippen molar-refractivity contribution in [1.82, 2.24) is 20.0 Å². The summed E-state index contributed by atoms with van der Waals surface area (Å²) in [5, 5.41) is 8.01. The normalized spacial score (nSPS) is 10.9. The summed E-state index contributed by atoms with van der Waals surface area (Å²) >= 11 is 5.83. The molecule has 6 nitrogen and oxygen atoms in total. The number of benzene rings is 1. The van der Waals surface area contributed by atoms with Crippen molar-refractivity contribution < 1.29 is 18.3 Å². The Bertz CT molecular complexity index is 873. The molecule has 0 fully saturated rings. The fourth-order valence-corrected chi connectivity index (χ4v) is 2.22. The summed E-state index contributed by atoms with van der Waals surface area (Å²) in [6.07, 6.45) is 1.62. The van der Waals surface area contributed by atoms with Crippen molar-refractivity contribution in [1.29, 1.82) is 0 Å². The smallest absolute Gasteiger partial charge is 0.387 e. The minimum Gasteiger partial charge on any atom is -0.471 e.